The number of hydrogen-bond acceptors (Lipinski definition) is 6. The number of carbonyl (C=O) groups excluding carboxylic acids is 2. The van der Waals surface area contributed by atoms with Gasteiger partial charge in [0.2, 0.25) is 0 Å². The molecule has 2 aliphatic rings. The molecule has 2 aliphatic heterocycles. The lowest BCUT2D eigenvalue weighted by Gasteiger charge is -2.27. The maximum atomic E-state index is 13.2. The van der Waals surface area contributed by atoms with Gasteiger partial charge in [0.15, 0.2) is 0 Å². The van der Waals surface area contributed by atoms with Gasteiger partial charge in [-0.05, 0) is 67.1 Å². The molecule has 2 atom stereocenters. The highest BCUT2D eigenvalue weighted by atomic mass is 16.5. The Morgan fingerprint density at radius 3 is 2.53 bits per heavy atom. The SMILES string of the molecule is CCOc1ccc(/C(O)=C2/C(=O)C(=O)N(CC3CCCO3)C2c2ccc(O)cc2)cc1C(C)C. The van der Waals surface area contributed by atoms with Crippen molar-refractivity contribution in [3.05, 3.63) is 64.7 Å². The number of benzene rings is 2. The van der Waals surface area contributed by atoms with Crippen LogP contribution in [0.25, 0.3) is 5.76 Å². The second-order valence-corrected chi connectivity index (χ2v) is 9.02. The van der Waals surface area contributed by atoms with Crippen LogP contribution in [0.1, 0.15) is 62.3 Å². The van der Waals surface area contributed by atoms with E-state index in [4.69, 9.17) is 9.47 Å². The molecule has 1 amide bonds. The molecule has 34 heavy (non-hydrogen) atoms. The summed E-state index contributed by atoms with van der Waals surface area (Å²) in [6, 6.07) is 10.9. The predicted octanol–water partition coefficient (Wildman–Crippen LogP) is 4.52. The van der Waals surface area contributed by atoms with Crippen molar-refractivity contribution in [2.75, 3.05) is 19.8 Å². The van der Waals surface area contributed by atoms with Gasteiger partial charge in [-0.3, -0.25) is 9.59 Å². The Balaban J connectivity index is 1.82. The van der Waals surface area contributed by atoms with Crippen LogP contribution in [0.5, 0.6) is 11.5 Å². The molecule has 7 heteroatoms. The minimum absolute atomic E-state index is 0.0348. The number of carbonyl (C=O) groups is 2. The molecule has 0 bridgehead atoms. The lowest BCUT2D eigenvalue weighted by atomic mass is 9.93. The number of hydrogen-bond donors (Lipinski definition) is 2. The lowest BCUT2D eigenvalue weighted by molar-refractivity contribution is -0.140. The van der Waals surface area contributed by atoms with E-state index in [1.807, 2.05) is 26.8 Å². The van der Waals surface area contributed by atoms with Gasteiger partial charge in [-0.25, -0.2) is 0 Å². The molecule has 2 fully saturated rings. The second-order valence-electron chi connectivity index (χ2n) is 9.02. The fourth-order valence-corrected chi connectivity index (χ4v) is 4.67. The van der Waals surface area contributed by atoms with E-state index >= 15 is 0 Å². The third-order valence-corrected chi connectivity index (χ3v) is 6.38. The highest BCUT2D eigenvalue weighted by Crippen LogP contribution is 2.41. The van der Waals surface area contributed by atoms with Crippen LogP contribution >= 0.6 is 0 Å². The van der Waals surface area contributed by atoms with Crippen LogP contribution in [-0.4, -0.2) is 52.7 Å². The number of likely N-dealkylation sites (tertiary alicyclic amines) is 1. The summed E-state index contributed by atoms with van der Waals surface area (Å²) in [5.74, 6) is -0.685. The molecule has 2 saturated heterocycles. The number of nitrogens with zero attached hydrogens (tertiary/aromatic N) is 1. The predicted molar refractivity (Wildman–Crippen MR) is 128 cm³/mol. The third-order valence-electron chi connectivity index (χ3n) is 6.38. The fraction of sp³-hybridized carbons (Fsp3) is 0.407. The highest BCUT2D eigenvalue weighted by Gasteiger charge is 2.47. The zero-order valence-electron chi connectivity index (χ0n) is 19.8. The normalized spacial score (nSPS) is 22.1. The average Bonchev–Trinajstić information content (AvgIpc) is 3.42. The molecule has 0 spiro atoms. The number of aliphatic hydroxyl groups is 1. The monoisotopic (exact) mass is 465 g/mol. The van der Waals surface area contributed by atoms with Crippen molar-refractivity contribution in [2.45, 2.75) is 51.7 Å². The van der Waals surface area contributed by atoms with Crippen molar-refractivity contribution < 1.29 is 29.3 Å². The van der Waals surface area contributed by atoms with Crippen molar-refractivity contribution in [3.63, 3.8) is 0 Å². The van der Waals surface area contributed by atoms with Crippen LogP contribution in [0.15, 0.2) is 48.0 Å². The van der Waals surface area contributed by atoms with E-state index in [2.05, 4.69) is 0 Å². The van der Waals surface area contributed by atoms with Crippen LogP contribution in [0.3, 0.4) is 0 Å². The molecule has 180 valence electrons. The topological polar surface area (TPSA) is 96.3 Å². The molecule has 0 aromatic heterocycles. The van der Waals surface area contributed by atoms with Crippen LogP contribution in [0, 0.1) is 0 Å². The quantitative estimate of drug-likeness (QED) is 0.355. The van der Waals surface area contributed by atoms with Gasteiger partial charge in [-0.1, -0.05) is 26.0 Å². The fourth-order valence-electron chi connectivity index (χ4n) is 4.67. The van der Waals surface area contributed by atoms with Crippen molar-refractivity contribution in [2.24, 2.45) is 0 Å². The van der Waals surface area contributed by atoms with E-state index in [1.54, 1.807) is 24.3 Å². The highest BCUT2D eigenvalue weighted by molar-refractivity contribution is 6.46. The Morgan fingerprint density at radius 1 is 1.18 bits per heavy atom. The molecule has 0 aliphatic carbocycles. The van der Waals surface area contributed by atoms with Gasteiger partial charge in [0.1, 0.15) is 17.3 Å². The Bertz CT molecular complexity index is 1100. The minimum Gasteiger partial charge on any atom is -0.508 e. The number of ketones is 1. The summed E-state index contributed by atoms with van der Waals surface area (Å²) in [6.45, 7) is 7.36. The van der Waals surface area contributed by atoms with E-state index in [1.165, 1.54) is 17.0 Å². The van der Waals surface area contributed by atoms with E-state index in [-0.39, 0.29) is 35.6 Å². The molecular formula is C27H31NO6. The summed E-state index contributed by atoms with van der Waals surface area (Å²) in [4.78, 5) is 27.8. The molecule has 2 aromatic carbocycles. The number of ether oxygens (including phenoxy) is 2. The van der Waals surface area contributed by atoms with Gasteiger partial charge in [0.25, 0.3) is 11.7 Å². The summed E-state index contributed by atoms with van der Waals surface area (Å²) in [7, 11) is 0. The number of aromatic hydroxyl groups is 1. The molecular weight excluding hydrogens is 434 g/mol. The molecule has 0 saturated carbocycles. The maximum Gasteiger partial charge on any atom is 0.295 e. The molecule has 2 heterocycles. The summed E-state index contributed by atoms with van der Waals surface area (Å²) in [5.41, 5.74) is 2.02. The number of phenols is 1. The maximum absolute atomic E-state index is 13.2. The van der Waals surface area contributed by atoms with Gasteiger partial charge in [-0.15, -0.1) is 0 Å². The molecule has 7 nitrogen and oxygen atoms in total. The first-order valence-electron chi connectivity index (χ1n) is 11.8. The smallest absolute Gasteiger partial charge is 0.295 e. The number of amides is 1. The standard InChI is InChI=1S/C27H31NO6/c1-4-33-22-12-9-18(14-21(22)16(2)3)25(30)23-24(17-7-10-19(29)11-8-17)28(27(32)26(23)31)15-20-6-5-13-34-20/h7-12,14,16,20,24,29-30H,4-6,13,15H2,1-3H3/b25-23-. The number of aliphatic hydroxyl groups excluding tert-OH is 1. The molecule has 4 rings (SSSR count). The van der Waals surface area contributed by atoms with Crippen molar-refractivity contribution in [3.8, 4) is 11.5 Å². The first-order chi connectivity index (χ1) is 16.3. The molecule has 2 unspecified atom stereocenters. The van der Waals surface area contributed by atoms with Gasteiger partial charge in [-0.2, -0.15) is 0 Å². The van der Waals surface area contributed by atoms with Gasteiger partial charge >= 0.3 is 0 Å². The zero-order chi connectivity index (χ0) is 24.4. The summed E-state index contributed by atoms with van der Waals surface area (Å²) >= 11 is 0. The first-order valence-corrected chi connectivity index (χ1v) is 11.8. The number of rotatable bonds is 7. The summed E-state index contributed by atoms with van der Waals surface area (Å²) in [6.07, 6.45) is 1.56. The number of phenolic OH excluding ortho intramolecular Hbond substituents is 1. The van der Waals surface area contributed by atoms with Gasteiger partial charge in [0, 0.05) is 18.7 Å². The van der Waals surface area contributed by atoms with Crippen LogP contribution in [-0.2, 0) is 14.3 Å². The van der Waals surface area contributed by atoms with Crippen molar-refractivity contribution in [1.82, 2.24) is 4.90 Å². The van der Waals surface area contributed by atoms with Crippen LogP contribution in [0.4, 0.5) is 0 Å². The summed E-state index contributed by atoms with van der Waals surface area (Å²) < 4.78 is 11.4. The number of Topliss-reactive ketones (excluding diaryl/α,β-unsaturated/α-hetero) is 1. The van der Waals surface area contributed by atoms with E-state index in [0.717, 1.165) is 24.2 Å². The minimum atomic E-state index is -0.779. The van der Waals surface area contributed by atoms with Crippen molar-refractivity contribution >= 4 is 17.4 Å². The van der Waals surface area contributed by atoms with E-state index < -0.39 is 17.7 Å². The van der Waals surface area contributed by atoms with Gasteiger partial charge < -0.3 is 24.6 Å². The summed E-state index contributed by atoms with van der Waals surface area (Å²) in [5, 5.41) is 21.1. The zero-order valence-corrected chi connectivity index (χ0v) is 19.8. The average molecular weight is 466 g/mol. The third kappa shape index (κ3) is 4.53. The Morgan fingerprint density at radius 2 is 1.91 bits per heavy atom. The lowest BCUT2D eigenvalue weighted by Crippen LogP contribution is -2.36. The largest absolute Gasteiger partial charge is 0.508 e. The molecule has 0 radical (unpaired) electrons. The van der Waals surface area contributed by atoms with Crippen LogP contribution < -0.4 is 4.74 Å². The van der Waals surface area contributed by atoms with E-state index in [0.29, 0.717) is 24.3 Å². The Labute approximate surface area is 199 Å². The van der Waals surface area contributed by atoms with Crippen LogP contribution in [0.2, 0.25) is 0 Å². The Kier molecular flexibility index (Phi) is 6.93. The van der Waals surface area contributed by atoms with Crippen molar-refractivity contribution in [1.29, 1.82) is 0 Å². The molecule has 2 N–H and O–H groups in total. The van der Waals surface area contributed by atoms with E-state index in [9.17, 15) is 19.8 Å². The first kappa shape index (κ1) is 23.8. The van der Waals surface area contributed by atoms with Gasteiger partial charge in [0.05, 0.1) is 24.3 Å². The second kappa shape index (κ2) is 9.89. The Hall–Kier alpha value is -3.32. The molecule has 2 aromatic rings.